The number of nitrogens with one attached hydrogen (secondary N) is 1. The van der Waals surface area contributed by atoms with E-state index in [1.54, 1.807) is 12.4 Å². The lowest BCUT2D eigenvalue weighted by Crippen LogP contribution is -2.48. The molecule has 0 radical (unpaired) electrons. The van der Waals surface area contributed by atoms with Gasteiger partial charge in [-0.1, -0.05) is 35.9 Å². The lowest BCUT2D eigenvalue weighted by Gasteiger charge is -2.22. The van der Waals surface area contributed by atoms with E-state index in [-0.39, 0.29) is 11.6 Å². The van der Waals surface area contributed by atoms with Gasteiger partial charge in [-0.05, 0) is 55.0 Å². The number of anilines is 1. The van der Waals surface area contributed by atoms with Gasteiger partial charge in [-0.15, -0.1) is 0 Å². The van der Waals surface area contributed by atoms with E-state index in [4.69, 9.17) is 0 Å². The van der Waals surface area contributed by atoms with Crippen LogP contribution in [0.4, 0.5) is 14.9 Å². The molecule has 1 unspecified atom stereocenters. The third-order valence-electron chi connectivity index (χ3n) is 5.59. The molecule has 0 fully saturated rings. The summed E-state index contributed by atoms with van der Waals surface area (Å²) in [5.74, 6) is -0.771. The molecule has 1 aliphatic rings. The number of aryl methyl sites for hydroxylation is 3. The highest BCUT2D eigenvalue weighted by atomic mass is 19.1. The van der Waals surface area contributed by atoms with Crippen LogP contribution in [0.1, 0.15) is 34.2 Å². The lowest BCUT2D eigenvalue weighted by atomic mass is 10.0. The van der Waals surface area contributed by atoms with Gasteiger partial charge in [0.05, 0.1) is 11.9 Å². The van der Waals surface area contributed by atoms with Crippen molar-refractivity contribution in [2.75, 3.05) is 11.9 Å². The summed E-state index contributed by atoms with van der Waals surface area (Å²) in [6.07, 6.45) is 4.86. The van der Waals surface area contributed by atoms with Crippen molar-refractivity contribution in [3.05, 3.63) is 82.4 Å². The molecule has 31 heavy (non-hydrogen) atoms. The van der Waals surface area contributed by atoms with Crippen molar-refractivity contribution in [2.24, 2.45) is 0 Å². The number of fused-ring (bicyclic) bond motifs is 1. The molecule has 0 saturated carbocycles. The van der Waals surface area contributed by atoms with Gasteiger partial charge in [-0.2, -0.15) is 9.78 Å². The molecule has 1 atom stereocenters. The maximum Gasteiger partial charge on any atom is 0.342 e. The van der Waals surface area contributed by atoms with Crippen LogP contribution in [0, 0.1) is 19.7 Å². The zero-order valence-electron chi connectivity index (χ0n) is 17.9. The quantitative estimate of drug-likeness (QED) is 0.702. The van der Waals surface area contributed by atoms with Crippen molar-refractivity contribution < 1.29 is 14.0 Å². The minimum Gasteiger partial charge on any atom is -0.324 e. The van der Waals surface area contributed by atoms with Crippen molar-refractivity contribution in [3.8, 4) is 0 Å². The summed E-state index contributed by atoms with van der Waals surface area (Å²) in [6, 6.07) is 10.2. The van der Waals surface area contributed by atoms with Gasteiger partial charge in [-0.3, -0.25) is 4.79 Å². The molecule has 0 aliphatic carbocycles. The molecule has 1 aromatic heterocycles. The second-order valence-electron chi connectivity index (χ2n) is 8.15. The van der Waals surface area contributed by atoms with Gasteiger partial charge in [0.25, 0.3) is 0 Å². The van der Waals surface area contributed by atoms with Gasteiger partial charge >= 0.3 is 6.03 Å². The van der Waals surface area contributed by atoms with E-state index in [1.807, 2.05) is 38.1 Å². The summed E-state index contributed by atoms with van der Waals surface area (Å²) in [6.45, 7) is 3.86. The van der Waals surface area contributed by atoms with Crippen LogP contribution < -0.4 is 10.2 Å². The Morgan fingerprint density at radius 3 is 2.77 bits per heavy atom. The lowest BCUT2D eigenvalue weighted by molar-refractivity contribution is -0.120. The van der Waals surface area contributed by atoms with Gasteiger partial charge in [0.1, 0.15) is 11.9 Å². The SMILES string of the molecule is Cc1cccc(Cc2cnn(C(=O)NC3CCc4cc(C)cc(F)c4N(C)C3=O)c2)c1. The van der Waals surface area contributed by atoms with Crippen molar-refractivity contribution in [1.29, 1.82) is 0 Å². The van der Waals surface area contributed by atoms with E-state index in [0.29, 0.717) is 19.3 Å². The van der Waals surface area contributed by atoms with Crippen LogP contribution in [0.2, 0.25) is 0 Å². The number of halogens is 1. The Balaban J connectivity index is 1.47. The van der Waals surface area contributed by atoms with E-state index in [9.17, 15) is 14.0 Å². The fourth-order valence-corrected chi connectivity index (χ4v) is 4.11. The van der Waals surface area contributed by atoms with Crippen LogP contribution in [0.5, 0.6) is 0 Å². The number of amides is 2. The average molecular weight is 420 g/mol. The highest BCUT2D eigenvalue weighted by Crippen LogP contribution is 2.30. The molecule has 2 amide bonds. The summed E-state index contributed by atoms with van der Waals surface area (Å²) in [5.41, 5.74) is 5.06. The third kappa shape index (κ3) is 4.35. The predicted molar refractivity (Wildman–Crippen MR) is 117 cm³/mol. The topological polar surface area (TPSA) is 67.2 Å². The van der Waals surface area contributed by atoms with Gasteiger partial charge in [0, 0.05) is 19.7 Å². The largest absolute Gasteiger partial charge is 0.342 e. The first-order chi connectivity index (χ1) is 14.8. The molecule has 3 aromatic rings. The summed E-state index contributed by atoms with van der Waals surface area (Å²) in [4.78, 5) is 26.9. The zero-order valence-corrected chi connectivity index (χ0v) is 17.9. The molecule has 4 rings (SSSR count). The van der Waals surface area contributed by atoms with Crippen LogP contribution in [-0.4, -0.2) is 34.8 Å². The Bertz CT molecular complexity index is 1150. The standard InChI is InChI=1S/C24H25FN4O2/c1-15-5-4-6-17(9-15)12-18-13-26-29(14-18)24(31)27-21-8-7-19-10-16(2)11-20(25)22(19)28(3)23(21)30/h4-6,9-11,13-14,21H,7-8,12H2,1-3H3,(H,27,31). The van der Waals surface area contributed by atoms with Crippen LogP contribution >= 0.6 is 0 Å². The number of aromatic nitrogens is 2. The van der Waals surface area contributed by atoms with Gasteiger partial charge in [-0.25, -0.2) is 9.18 Å². The third-order valence-corrected chi connectivity index (χ3v) is 5.59. The Kier molecular flexibility index (Phi) is 5.59. The molecule has 0 spiro atoms. The van der Waals surface area contributed by atoms with Crippen LogP contribution in [0.3, 0.4) is 0 Å². The molecule has 7 heteroatoms. The number of nitrogens with zero attached hydrogens (tertiary/aromatic N) is 3. The van der Waals surface area contributed by atoms with Gasteiger partial charge in [0.2, 0.25) is 5.91 Å². The summed E-state index contributed by atoms with van der Waals surface area (Å²) < 4.78 is 15.7. The van der Waals surface area contributed by atoms with E-state index in [0.717, 1.165) is 22.3 Å². The monoisotopic (exact) mass is 420 g/mol. The average Bonchev–Trinajstić information content (AvgIpc) is 3.14. The number of carbonyl (C=O) groups is 2. The number of hydrogen-bond acceptors (Lipinski definition) is 3. The summed E-state index contributed by atoms with van der Waals surface area (Å²) in [5, 5.41) is 6.91. The van der Waals surface area contributed by atoms with Gasteiger partial charge < -0.3 is 10.2 Å². The van der Waals surface area contributed by atoms with Crippen LogP contribution in [0.25, 0.3) is 0 Å². The molecule has 2 aromatic carbocycles. The van der Waals surface area contributed by atoms with E-state index in [2.05, 4.69) is 16.5 Å². The van der Waals surface area contributed by atoms with Crippen molar-refractivity contribution >= 4 is 17.6 Å². The Morgan fingerprint density at radius 1 is 1.19 bits per heavy atom. The van der Waals surface area contributed by atoms with Crippen LogP contribution in [0.15, 0.2) is 48.8 Å². The molecule has 0 bridgehead atoms. The molecule has 0 saturated heterocycles. The molecule has 160 valence electrons. The number of likely N-dealkylation sites (N-methyl/N-ethyl adjacent to an activating group) is 1. The molecule has 2 heterocycles. The highest BCUT2D eigenvalue weighted by molar-refractivity contribution is 6.00. The molecule has 1 N–H and O–H groups in total. The Morgan fingerprint density at radius 2 is 2.00 bits per heavy atom. The summed E-state index contributed by atoms with van der Waals surface area (Å²) in [7, 11) is 1.54. The maximum absolute atomic E-state index is 14.5. The summed E-state index contributed by atoms with van der Waals surface area (Å²) >= 11 is 0. The smallest absolute Gasteiger partial charge is 0.324 e. The van der Waals surface area contributed by atoms with Gasteiger partial charge in [0.15, 0.2) is 0 Å². The number of carbonyl (C=O) groups excluding carboxylic acids is 2. The molecular weight excluding hydrogens is 395 g/mol. The number of rotatable bonds is 3. The molecule has 6 nitrogen and oxygen atoms in total. The second kappa shape index (κ2) is 8.34. The van der Waals surface area contributed by atoms with Crippen LogP contribution in [-0.2, 0) is 17.6 Å². The fourth-order valence-electron chi connectivity index (χ4n) is 4.11. The number of benzene rings is 2. The fraction of sp³-hybridized carbons (Fsp3) is 0.292. The normalized spacial score (nSPS) is 16.1. The van der Waals surface area contributed by atoms with E-state index in [1.165, 1.54) is 28.3 Å². The predicted octanol–water partition coefficient (Wildman–Crippen LogP) is 3.77. The minimum atomic E-state index is -0.756. The second-order valence-corrected chi connectivity index (χ2v) is 8.15. The van der Waals surface area contributed by atoms with Crippen molar-refractivity contribution in [1.82, 2.24) is 15.1 Å². The maximum atomic E-state index is 14.5. The van der Waals surface area contributed by atoms with E-state index < -0.39 is 17.9 Å². The molecule has 1 aliphatic heterocycles. The minimum absolute atomic E-state index is 0.284. The first-order valence-electron chi connectivity index (χ1n) is 10.3. The van der Waals surface area contributed by atoms with Crippen molar-refractivity contribution in [2.45, 2.75) is 39.2 Å². The highest BCUT2D eigenvalue weighted by Gasteiger charge is 2.31. The first-order valence-corrected chi connectivity index (χ1v) is 10.3. The molecular formula is C24H25FN4O2. The Hall–Kier alpha value is -3.48. The zero-order chi connectivity index (χ0) is 22.1. The number of hydrogen-bond donors (Lipinski definition) is 1. The Labute approximate surface area is 180 Å². The van der Waals surface area contributed by atoms with E-state index >= 15 is 0 Å². The first kappa shape index (κ1) is 20.8. The van der Waals surface area contributed by atoms with Crippen molar-refractivity contribution in [3.63, 3.8) is 0 Å².